The number of Topliss-reactive ketones (excluding diaryl/α,β-unsaturated/α-hetero) is 1. The van der Waals surface area contributed by atoms with E-state index in [2.05, 4.69) is 11.4 Å². The average molecular weight is 452 g/mol. The number of hydroxylamine groups is 2. The van der Waals surface area contributed by atoms with Crippen molar-refractivity contribution in [2.45, 2.75) is 51.4 Å². The van der Waals surface area contributed by atoms with Crippen LogP contribution < -0.4 is 0 Å². The van der Waals surface area contributed by atoms with Crippen molar-refractivity contribution in [3.05, 3.63) is 12.3 Å². The molecule has 2 heterocycles. The largest absolute Gasteiger partial charge is 0.462 e. The van der Waals surface area contributed by atoms with Crippen LogP contribution in [0.1, 0.15) is 51.4 Å². The molecule has 2 saturated heterocycles. The van der Waals surface area contributed by atoms with E-state index in [1.54, 1.807) is 0 Å². The average Bonchev–Trinajstić information content (AvgIpc) is 3.24. The zero-order valence-electron chi connectivity index (χ0n) is 17.5. The third kappa shape index (κ3) is 7.60. The van der Waals surface area contributed by atoms with Crippen molar-refractivity contribution < 1.29 is 47.9 Å². The Kier molecular flexibility index (Phi) is 9.05. The lowest BCUT2D eigenvalue weighted by atomic mass is 10.2. The van der Waals surface area contributed by atoms with Gasteiger partial charge < -0.3 is 19.2 Å². The second kappa shape index (κ2) is 11.7. The van der Waals surface area contributed by atoms with Gasteiger partial charge in [-0.05, 0) is 6.42 Å². The maximum absolute atomic E-state index is 11.9. The number of allylic oxidation sites excluding steroid dienone is 1. The summed E-state index contributed by atoms with van der Waals surface area (Å²) < 4.78 is 9.65. The molecule has 0 spiro atoms. The van der Waals surface area contributed by atoms with Crippen LogP contribution >= 0.6 is 0 Å². The smallest absolute Gasteiger partial charge is 0.333 e. The van der Waals surface area contributed by atoms with Crippen LogP contribution in [0, 0.1) is 0 Å². The number of imide groups is 1. The molecular weight excluding hydrogens is 428 g/mol. The Morgan fingerprint density at radius 1 is 0.719 bits per heavy atom. The summed E-state index contributed by atoms with van der Waals surface area (Å²) in [5, 5.41) is 0.386. The summed E-state index contributed by atoms with van der Waals surface area (Å²) in [5.74, 6) is -4.06. The third-order valence-electron chi connectivity index (χ3n) is 4.59. The van der Waals surface area contributed by atoms with Gasteiger partial charge in [-0.1, -0.05) is 6.58 Å². The van der Waals surface area contributed by atoms with Crippen LogP contribution in [-0.2, 0) is 47.9 Å². The molecule has 0 aromatic rings. The van der Waals surface area contributed by atoms with E-state index >= 15 is 0 Å². The number of carbonyl (C=O) groups excluding carboxylic acids is 7. The summed E-state index contributed by atoms with van der Waals surface area (Å²) in [7, 11) is 0. The van der Waals surface area contributed by atoms with Gasteiger partial charge >= 0.3 is 17.9 Å². The van der Waals surface area contributed by atoms with Gasteiger partial charge in [-0.3, -0.25) is 28.8 Å². The molecule has 2 aliphatic heterocycles. The zero-order chi connectivity index (χ0) is 23.7. The Bertz CT molecular complexity index is 734. The Morgan fingerprint density at radius 2 is 1.22 bits per heavy atom. The van der Waals surface area contributed by atoms with Crippen molar-refractivity contribution in [2.24, 2.45) is 0 Å². The minimum atomic E-state index is -0.930. The normalized spacial score (nSPS) is 15.9. The second-order valence-corrected chi connectivity index (χ2v) is 7.07. The standard InChI is InChI=1S/C20H24N2O10/c1-13-2-4-15(24)21(13)12-14(23)3-7-18(27)30-10-11-31-19(28)8-9-20(29)32-22-16(25)5-6-17(22)26/h1-12H2. The molecule has 12 heteroatoms. The molecule has 0 bridgehead atoms. The highest BCUT2D eigenvalue weighted by atomic mass is 16.7. The molecule has 2 aliphatic rings. The highest BCUT2D eigenvalue weighted by Crippen LogP contribution is 2.20. The van der Waals surface area contributed by atoms with Crippen LogP contribution in [0.3, 0.4) is 0 Å². The molecule has 2 fully saturated rings. The monoisotopic (exact) mass is 452 g/mol. The molecule has 0 aliphatic carbocycles. The van der Waals surface area contributed by atoms with Crippen molar-refractivity contribution in [1.82, 2.24) is 9.96 Å². The topological polar surface area (TPSA) is 154 Å². The van der Waals surface area contributed by atoms with Gasteiger partial charge in [0.05, 0.1) is 25.8 Å². The summed E-state index contributed by atoms with van der Waals surface area (Å²) in [4.78, 5) is 86.9. The number of nitrogens with zero attached hydrogens (tertiary/aromatic N) is 2. The van der Waals surface area contributed by atoms with E-state index in [4.69, 9.17) is 9.47 Å². The number of ether oxygens (including phenoxy) is 2. The summed E-state index contributed by atoms with van der Waals surface area (Å²) in [6.07, 6.45) is -0.246. The minimum absolute atomic E-state index is 0.0328. The molecule has 12 nitrogen and oxygen atoms in total. The molecule has 0 atom stereocenters. The Balaban J connectivity index is 1.52. The molecular formula is C20H24N2O10. The van der Waals surface area contributed by atoms with Gasteiger partial charge in [0.25, 0.3) is 11.8 Å². The number of carbonyl (C=O) groups is 7. The lowest BCUT2D eigenvalue weighted by molar-refractivity contribution is -0.197. The van der Waals surface area contributed by atoms with Crippen LogP contribution in [0.15, 0.2) is 12.3 Å². The van der Waals surface area contributed by atoms with E-state index in [-0.39, 0.29) is 63.6 Å². The van der Waals surface area contributed by atoms with Crippen molar-refractivity contribution in [3.8, 4) is 0 Å². The molecule has 0 radical (unpaired) electrons. The number of rotatable bonds is 12. The van der Waals surface area contributed by atoms with Gasteiger partial charge in [0.1, 0.15) is 13.2 Å². The van der Waals surface area contributed by atoms with E-state index in [1.165, 1.54) is 4.90 Å². The predicted octanol–water partition coefficient (Wildman–Crippen LogP) is -0.0544. The number of hydrogen-bond donors (Lipinski definition) is 0. The summed E-state index contributed by atoms with van der Waals surface area (Å²) in [6, 6.07) is 0. The first-order chi connectivity index (χ1) is 15.2. The van der Waals surface area contributed by atoms with Crippen LogP contribution in [0.2, 0.25) is 0 Å². The van der Waals surface area contributed by atoms with Crippen molar-refractivity contribution in [3.63, 3.8) is 0 Å². The molecule has 2 rings (SSSR count). The SMILES string of the molecule is C=C1CCC(=O)N1CC(=O)CCC(=O)OCCOC(=O)CCC(=O)ON1C(=O)CCC1=O. The number of hydrogen-bond acceptors (Lipinski definition) is 10. The van der Waals surface area contributed by atoms with Crippen LogP contribution in [-0.4, -0.2) is 71.1 Å². The minimum Gasteiger partial charge on any atom is -0.462 e. The van der Waals surface area contributed by atoms with Gasteiger partial charge in [0.2, 0.25) is 5.91 Å². The van der Waals surface area contributed by atoms with E-state index < -0.39 is 36.1 Å². The summed E-state index contributed by atoms with van der Waals surface area (Å²) in [5.41, 5.74) is 0.582. The quantitative estimate of drug-likeness (QED) is 0.224. The maximum Gasteiger partial charge on any atom is 0.333 e. The molecule has 0 saturated carbocycles. The summed E-state index contributed by atoms with van der Waals surface area (Å²) in [6.45, 7) is 3.11. The van der Waals surface area contributed by atoms with Gasteiger partial charge in [-0.25, -0.2) is 4.79 Å². The Hall–Kier alpha value is -3.57. The lowest BCUT2D eigenvalue weighted by Crippen LogP contribution is -2.32. The fraction of sp³-hybridized carbons (Fsp3) is 0.550. The third-order valence-corrected chi connectivity index (χ3v) is 4.59. The predicted molar refractivity (Wildman–Crippen MR) is 103 cm³/mol. The number of ketones is 1. The summed E-state index contributed by atoms with van der Waals surface area (Å²) >= 11 is 0. The van der Waals surface area contributed by atoms with E-state index in [0.29, 0.717) is 23.6 Å². The van der Waals surface area contributed by atoms with Gasteiger partial charge in [-0.15, -0.1) is 5.06 Å². The van der Waals surface area contributed by atoms with Crippen LogP contribution in [0.4, 0.5) is 0 Å². The number of esters is 2. The molecule has 3 amide bonds. The van der Waals surface area contributed by atoms with Gasteiger partial charge in [-0.2, -0.15) is 0 Å². The van der Waals surface area contributed by atoms with Crippen LogP contribution in [0.25, 0.3) is 0 Å². The molecule has 0 N–H and O–H groups in total. The van der Waals surface area contributed by atoms with Crippen molar-refractivity contribution in [1.29, 1.82) is 0 Å². The zero-order valence-corrected chi connectivity index (χ0v) is 17.5. The molecule has 0 unspecified atom stereocenters. The molecule has 174 valence electrons. The van der Waals surface area contributed by atoms with E-state index in [0.717, 1.165) is 0 Å². The first-order valence-electron chi connectivity index (χ1n) is 10.0. The van der Waals surface area contributed by atoms with E-state index in [9.17, 15) is 33.6 Å². The Morgan fingerprint density at radius 3 is 1.75 bits per heavy atom. The first-order valence-corrected chi connectivity index (χ1v) is 10.0. The van der Waals surface area contributed by atoms with Crippen LogP contribution in [0.5, 0.6) is 0 Å². The number of amides is 3. The van der Waals surface area contributed by atoms with Gasteiger partial charge in [0, 0.05) is 31.4 Å². The highest BCUT2D eigenvalue weighted by Gasteiger charge is 2.32. The van der Waals surface area contributed by atoms with Crippen molar-refractivity contribution in [2.75, 3.05) is 19.8 Å². The fourth-order valence-electron chi connectivity index (χ4n) is 2.86. The number of likely N-dealkylation sites (tertiary alicyclic amines) is 1. The lowest BCUT2D eigenvalue weighted by Gasteiger charge is -2.15. The molecule has 0 aromatic heterocycles. The first kappa shape index (κ1) is 24.7. The molecule has 32 heavy (non-hydrogen) atoms. The maximum atomic E-state index is 11.9. The molecule has 0 aromatic carbocycles. The van der Waals surface area contributed by atoms with Gasteiger partial charge in [0.15, 0.2) is 5.78 Å². The van der Waals surface area contributed by atoms with E-state index in [1.807, 2.05) is 0 Å². The Labute approximate surface area is 183 Å². The second-order valence-electron chi connectivity index (χ2n) is 7.07. The van der Waals surface area contributed by atoms with Crippen molar-refractivity contribution >= 4 is 41.4 Å². The fourth-order valence-corrected chi connectivity index (χ4v) is 2.86. The highest BCUT2D eigenvalue weighted by molar-refractivity contribution is 6.01.